The fraction of sp³-hybridized carbons (Fsp3) is 1.00. The number of hydrogen-bond donors (Lipinski definition) is 3. The molecule has 3 rings (SSSR count). The highest BCUT2D eigenvalue weighted by Crippen LogP contribution is 2.26. The predicted octanol–water partition coefficient (Wildman–Crippen LogP) is -1.95. The third-order valence-electron chi connectivity index (χ3n) is 3.47. The number of rotatable bonds is 0. The first kappa shape index (κ1) is 6.56. The van der Waals surface area contributed by atoms with Crippen LogP contribution in [0.1, 0.15) is 0 Å². The van der Waals surface area contributed by atoms with E-state index in [4.69, 9.17) is 0 Å². The third kappa shape index (κ3) is 0.597. The molecule has 3 aliphatic heterocycles. The Labute approximate surface area is 67.9 Å². The average Bonchev–Trinajstić information content (AvgIpc) is 2.40. The Morgan fingerprint density at radius 1 is 0.818 bits per heavy atom. The molecule has 0 spiro atoms. The van der Waals surface area contributed by atoms with Gasteiger partial charge in [0.05, 0.1) is 19.6 Å². The van der Waals surface area contributed by atoms with E-state index in [2.05, 4.69) is 14.9 Å². The summed E-state index contributed by atoms with van der Waals surface area (Å²) >= 11 is 0. The lowest BCUT2D eigenvalue weighted by Gasteiger charge is -2.32. The molecule has 0 unspecified atom stereocenters. The van der Waals surface area contributed by atoms with Crippen molar-refractivity contribution in [2.24, 2.45) is 0 Å². The molecule has 3 N–H and O–H groups in total. The van der Waals surface area contributed by atoms with Gasteiger partial charge in [-0.3, -0.25) is 14.9 Å². The zero-order valence-corrected chi connectivity index (χ0v) is 7.69. The Morgan fingerprint density at radius 3 is 1.64 bits per heavy atom. The maximum atomic E-state index is 3.67. The van der Waals surface area contributed by atoms with Gasteiger partial charge in [0.25, 0.3) is 0 Å². The Balaban J connectivity index is 2.06. The molecular formula is C6H15N4Si+. The average molecular weight is 171 g/mol. The molecule has 0 aromatic heterocycles. The van der Waals surface area contributed by atoms with Crippen molar-refractivity contribution in [1.29, 1.82) is 0 Å². The molecule has 3 aliphatic rings. The third-order valence-corrected chi connectivity index (χ3v) is 7.85. The smallest absolute Gasteiger partial charge is 0.342 e. The van der Waals surface area contributed by atoms with Crippen molar-refractivity contribution in [3.8, 4) is 0 Å². The van der Waals surface area contributed by atoms with Crippen molar-refractivity contribution in [2.75, 3.05) is 39.3 Å². The second-order valence-electron chi connectivity index (χ2n) is 3.81. The van der Waals surface area contributed by atoms with Gasteiger partial charge in [0.2, 0.25) is 0 Å². The highest BCUT2D eigenvalue weighted by Gasteiger charge is 2.67. The minimum Gasteiger partial charge on any atom is -0.342 e. The molecule has 3 fully saturated rings. The molecule has 11 heavy (non-hydrogen) atoms. The van der Waals surface area contributed by atoms with Crippen molar-refractivity contribution < 1.29 is 4.15 Å². The number of quaternary nitrogens is 1. The standard InChI is InChI=1S/C6H15N4Si/c1-4-10-5-2-8-11(10,7-1)9-3-6-10/h7-9H,1-6H2/q+1. The fourth-order valence-corrected chi connectivity index (χ4v) is 7.03. The van der Waals surface area contributed by atoms with Crippen LogP contribution in [0.3, 0.4) is 0 Å². The van der Waals surface area contributed by atoms with Crippen LogP contribution in [0.5, 0.6) is 0 Å². The summed E-state index contributed by atoms with van der Waals surface area (Å²) in [6, 6.07) is 0. The predicted molar refractivity (Wildman–Crippen MR) is 44.6 cm³/mol. The van der Waals surface area contributed by atoms with Gasteiger partial charge in [0, 0.05) is 19.6 Å². The van der Waals surface area contributed by atoms with E-state index < -0.39 is 8.72 Å². The molecule has 0 radical (unpaired) electrons. The van der Waals surface area contributed by atoms with Gasteiger partial charge in [-0.05, 0) is 0 Å². The van der Waals surface area contributed by atoms with Crippen LogP contribution in [-0.2, 0) is 0 Å². The lowest BCUT2D eigenvalue weighted by atomic mass is 10.4. The monoisotopic (exact) mass is 171 g/mol. The van der Waals surface area contributed by atoms with Gasteiger partial charge in [-0.15, -0.1) is 0 Å². The van der Waals surface area contributed by atoms with Crippen molar-refractivity contribution in [1.82, 2.24) is 14.9 Å². The molecule has 0 atom stereocenters. The lowest BCUT2D eigenvalue weighted by Crippen LogP contribution is -2.74. The van der Waals surface area contributed by atoms with Crippen LogP contribution in [0.15, 0.2) is 0 Å². The molecule has 0 saturated carbocycles. The summed E-state index contributed by atoms with van der Waals surface area (Å²) in [5, 5.41) is 0. The molecule has 0 aromatic rings. The minimum atomic E-state index is -1.40. The molecule has 4 nitrogen and oxygen atoms in total. The maximum absolute atomic E-state index is 3.67. The Hall–Kier alpha value is 0.0569. The quantitative estimate of drug-likeness (QED) is 0.371. The summed E-state index contributed by atoms with van der Waals surface area (Å²) in [6.07, 6.45) is 0. The second-order valence-corrected chi connectivity index (χ2v) is 7.24. The zero-order chi connectivity index (χ0) is 7.36. The highest BCUT2D eigenvalue weighted by atomic mass is 28.4. The molecule has 0 aromatic carbocycles. The number of hydrogen-bond acceptors (Lipinski definition) is 3. The summed E-state index contributed by atoms with van der Waals surface area (Å²) in [5.41, 5.74) is 0. The van der Waals surface area contributed by atoms with Crippen LogP contribution < -0.4 is 14.9 Å². The SMILES string of the molecule is C1C[N+]23CCN[Si]2(N1)NCC3. The van der Waals surface area contributed by atoms with Crippen LogP contribution in [-0.4, -0.2) is 52.1 Å². The van der Waals surface area contributed by atoms with Crippen molar-refractivity contribution in [2.45, 2.75) is 0 Å². The summed E-state index contributed by atoms with van der Waals surface area (Å²) in [5.74, 6) is 0. The van der Waals surface area contributed by atoms with Gasteiger partial charge in [-0.25, -0.2) is 0 Å². The summed E-state index contributed by atoms with van der Waals surface area (Å²) in [4.78, 5) is 11.0. The summed E-state index contributed by atoms with van der Waals surface area (Å²) < 4.78 is 1.37. The molecule has 3 heterocycles. The van der Waals surface area contributed by atoms with Crippen LogP contribution in [0, 0.1) is 0 Å². The number of nitrogens with zero attached hydrogens (tertiary/aromatic N) is 1. The van der Waals surface area contributed by atoms with E-state index in [0.717, 1.165) is 0 Å². The van der Waals surface area contributed by atoms with Crippen molar-refractivity contribution in [3.05, 3.63) is 0 Å². The van der Waals surface area contributed by atoms with Gasteiger partial charge in [-0.1, -0.05) is 0 Å². The van der Waals surface area contributed by atoms with E-state index in [1.54, 1.807) is 0 Å². The first-order valence-electron chi connectivity index (χ1n) is 4.48. The van der Waals surface area contributed by atoms with E-state index in [0.29, 0.717) is 0 Å². The molecule has 3 saturated heterocycles. The summed E-state index contributed by atoms with van der Waals surface area (Å²) in [6.45, 7) is 7.70. The first-order valence-corrected chi connectivity index (χ1v) is 6.43. The van der Waals surface area contributed by atoms with Crippen molar-refractivity contribution >= 4 is 8.72 Å². The van der Waals surface area contributed by atoms with E-state index >= 15 is 0 Å². The number of nitrogens with one attached hydrogen (secondary N) is 3. The Morgan fingerprint density at radius 2 is 1.27 bits per heavy atom. The van der Waals surface area contributed by atoms with Crippen LogP contribution in [0.25, 0.3) is 0 Å². The minimum absolute atomic E-state index is 1.21. The van der Waals surface area contributed by atoms with Gasteiger partial charge in [-0.2, -0.15) is 0 Å². The van der Waals surface area contributed by atoms with Gasteiger partial charge >= 0.3 is 8.72 Å². The molecule has 62 valence electrons. The normalized spacial score (nSPS) is 54.5. The highest BCUT2D eigenvalue weighted by molar-refractivity contribution is 6.66. The first-order chi connectivity index (χ1) is 5.37. The van der Waals surface area contributed by atoms with E-state index in [1.807, 2.05) is 0 Å². The zero-order valence-electron chi connectivity index (χ0n) is 6.69. The van der Waals surface area contributed by atoms with E-state index in [1.165, 1.54) is 43.4 Å². The molecule has 0 aliphatic carbocycles. The Bertz CT molecular complexity index is 148. The molecule has 0 bridgehead atoms. The van der Waals surface area contributed by atoms with Crippen molar-refractivity contribution in [3.63, 3.8) is 0 Å². The maximum Gasteiger partial charge on any atom is 0.541 e. The molecule has 0 amide bonds. The van der Waals surface area contributed by atoms with Gasteiger partial charge in [0.15, 0.2) is 0 Å². The molecule has 5 heteroatoms. The second kappa shape index (κ2) is 1.86. The van der Waals surface area contributed by atoms with Crippen LogP contribution >= 0.6 is 0 Å². The largest absolute Gasteiger partial charge is 0.541 e. The van der Waals surface area contributed by atoms with Gasteiger partial charge < -0.3 is 4.15 Å². The van der Waals surface area contributed by atoms with E-state index in [-0.39, 0.29) is 0 Å². The molecular weight excluding hydrogens is 156 g/mol. The van der Waals surface area contributed by atoms with Crippen LogP contribution in [0.4, 0.5) is 0 Å². The van der Waals surface area contributed by atoms with Crippen LogP contribution in [0.2, 0.25) is 0 Å². The van der Waals surface area contributed by atoms with Gasteiger partial charge in [0.1, 0.15) is 0 Å². The summed E-state index contributed by atoms with van der Waals surface area (Å²) in [7, 11) is -1.40. The topological polar surface area (TPSA) is 36.1 Å². The fourth-order valence-electron chi connectivity index (χ4n) is 2.88. The van der Waals surface area contributed by atoms with E-state index in [9.17, 15) is 0 Å². The Kier molecular flexibility index (Phi) is 1.11. The lowest BCUT2D eigenvalue weighted by molar-refractivity contribution is -0.811.